The summed E-state index contributed by atoms with van der Waals surface area (Å²) < 4.78 is 34.5. The van der Waals surface area contributed by atoms with Gasteiger partial charge in [0.05, 0.1) is 21.1 Å². The Morgan fingerprint density at radius 3 is 1.40 bits per heavy atom. The molecule has 0 spiro atoms. The fourth-order valence-electron chi connectivity index (χ4n) is 0.538. The van der Waals surface area contributed by atoms with Gasteiger partial charge >= 0.3 is 6.18 Å². The summed E-state index contributed by atoms with van der Waals surface area (Å²) in [6, 6.07) is 0. The molecule has 0 saturated carbocycles. The first-order valence-corrected chi connectivity index (χ1v) is 2.58. The van der Waals surface area contributed by atoms with Gasteiger partial charge in [-0.15, -0.1) is 0 Å². The van der Waals surface area contributed by atoms with Gasteiger partial charge in [-0.25, -0.2) is 0 Å². The highest BCUT2D eigenvalue weighted by molar-refractivity contribution is 4.43. The van der Waals surface area contributed by atoms with Crippen molar-refractivity contribution in [3.63, 3.8) is 0 Å². The van der Waals surface area contributed by atoms with E-state index < -0.39 is 12.7 Å². The molecule has 0 fully saturated rings. The second kappa shape index (κ2) is 3.44. The number of quaternary nitrogens is 1. The lowest BCUT2D eigenvalue weighted by Gasteiger charge is -2.24. The van der Waals surface area contributed by atoms with Crippen molar-refractivity contribution in [1.82, 2.24) is 0 Å². The zero-order valence-corrected chi connectivity index (χ0v) is 6.92. The third-order valence-corrected chi connectivity index (χ3v) is 0.654. The van der Waals surface area contributed by atoms with Crippen LogP contribution in [0.15, 0.2) is 0 Å². The van der Waals surface area contributed by atoms with Gasteiger partial charge in [0, 0.05) is 0 Å². The van der Waals surface area contributed by atoms with Gasteiger partial charge < -0.3 is 16.9 Å². The van der Waals surface area contributed by atoms with Crippen molar-refractivity contribution in [3.8, 4) is 0 Å². The van der Waals surface area contributed by atoms with E-state index in [4.69, 9.17) is 0 Å². The van der Waals surface area contributed by atoms with Gasteiger partial charge in [0.1, 0.15) is 0 Å². The molecule has 5 heteroatoms. The third kappa shape index (κ3) is 10.9. The molecule has 0 aromatic rings. The van der Waals surface area contributed by atoms with Gasteiger partial charge in [0.2, 0.25) is 0 Å². The molecule has 0 aromatic carbocycles. The molecule has 0 heterocycles. The first-order chi connectivity index (χ1) is 3.71. The van der Waals surface area contributed by atoms with E-state index >= 15 is 0 Å². The van der Waals surface area contributed by atoms with E-state index in [1.165, 1.54) is 21.1 Å². The average molecular weight is 178 g/mol. The zero-order valence-electron chi connectivity index (χ0n) is 6.17. The van der Waals surface area contributed by atoms with Crippen LogP contribution in [0.3, 0.4) is 0 Å². The van der Waals surface area contributed by atoms with Gasteiger partial charge in [-0.3, -0.25) is 0 Å². The van der Waals surface area contributed by atoms with Crippen LogP contribution in [0.5, 0.6) is 0 Å². The molecule has 0 radical (unpaired) electrons. The predicted octanol–water partition coefficient (Wildman–Crippen LogP) is -1.74. The van der Waals surface area contributed by atoms with E-state index in [0.717, 1.165) is 0 Å². The molecular weight excluding hydrogens is 167 g/mol. The molecule has 64 valence electrons. The third-order valence-electron chi connectivity index (χ3n) is 0.654. The van der Waals surface area contributed by atoms with E-state index in [1.54, 1.807) is 0 Å². The summed E-state index contributed by atoms with van der Waals surface area (Å²) in [6.45, 7) is -0.771. The van der Waals surface area contributed by atoms with Crippen molar-refractivity contribution < 1.29 is 30.1 Å². The van der Waals surface area contributed by atoms with Crippen molar-refractivity contribution in [2.45, 2.75) is 6.18 Å². The number of nitrogens with zero attached hydrogens (tertiary/aromatic N) is 1. The van der Waals surface area contributed by atoms with E-state index in [0.29, 0.717) is 0 Å². The normalized spacial score (nSPS) is 12.6. The number of alkyl halides is 3. The Labute approximate surface area is 64.8 Å². The Balaban J connectivity index is 0. The number of rotatable bonds is 1. The summed E-state index contributed by atoms with van der Waals surface area (Å²) in [5.74, 6) is 0. The molecule has 0 atom stereocenters. The zero-order chi connectivity index (χ0) is 7.71. The molecule has 0 amide bonds. The summed E-state index contributed by atoms with van der Waals surface area (Å²) in [4.78, 5) is 0. The van der Waals surface area contributed by atoms with Crippen molar-refractivity contribution >= 4 is 0 Å². The number of hydrogen-bond acceptors (Lipinski definition) is 0. The van der Waals surface area contributed by atoms with Gasteiger partial charge in [0.25, 0.3) is 0 Å². The maximum atomic E-state index is 11.5. The lowest BCUT2D eigenvalue weighted by atomic mass is 10.5. The topological polar surface area (TPSA) is 0 Å². The second-order valence-corrected chi connectivity index (χ2v) is 3.06. The Bertz CT molecular complexity index is 82.0. The molecular formula is C5H11ClF3N. The quantitative estimate of drug-likeness (QED) is 0.417. The summed E-state index contributed by atoms with van der Waals surface area (Å²) >= 11 is 0. The minimum atomic E-state index is -4.04. The number of halogens is 4. The highest BCUT2D eigenvalue weighted by atomic mass is 35.5. The lowest BCUT2D eigenvalue weighted by Crippen LogP contribution is -3.00. The minimum absolute atomic E-state index is 0. The SMILES string of the molecule is C[N+](C)(C)CC(F)(F)F.[Cl-]. The van der Waals surface area contributed by atoms with Crippen LogP contribution in [0.4, 0.5) is 13.2 Å². The van der Waals surface area contributed by atoms with Crippen molar-refractivity contribution in [3.05, 3.63) is 0 Å². The van der Waals surface area contributed by atoms with Gasteiger partial charge in [0.15, 0.2) is 6.54 Å². The summed E-state index contributed by atoms with van der Waals surface area (Å²) in [7, 11) is 4.52. The Kier molecular flexibility index (Phi) is 4.36. The fourth-order valence-corrected chi connectivity index (χ4v) is 0.538. The van der Waals surface area contributed by atoms with Crippen LogP contribution in [0.2, 0.25) is 0 Å². The van der Waals surface area contributed by atoms with E-state index in [2.05, 4.69) is 0 Å². The van der Waals surface area contributed by atoms with Crippen molar-refractivity contribution in [2.75, 3.05) is 27.7 Å². The summed E-state index contributed by atoms with van der Waals surface area (Å²) in [6.07, 6.45) is -4.04. The standard InChI is InChI=1S/C5H11F3N.ClH/c1-9(2,3)4-5(6,7)8;/h4H2,1-3H3;1H/q+1;/p-1. The van der Waals surface area contributed by atoms with E-state index in [9.17, 15) is 13.2 Å². The first-order valence-electron chi connectivity index (χ1n) is 2.58. The van der Waals surface area contributed by atoms with Crippen LogP contribution in [0, 0.1) is 0 Å². The monoisotopic (exact) mass is 177 g/mol. The smallest absolute Gasteiger partial charge is 0.438 e. The molecule has 0 N–H and O–H groups in total. The Morgan fingerprint density at radius 1 is 1.10 bits per heavy atom. The van der Waals surface area contributed by atoms with Crippen LogP contribution < -0.4 is 12.4 Å². The van der Waals surface area contributed by atoms with Gasteiger partial charge in [-0.2, -0.15) is 13.2 Å². The summed E-state index contributed by atoms with van der Waals surface area (Å²) in [5, 5.41) is 0. The first kappa shape index (κ1) is 12.7. The van der Waals surface area contributed by atoms with E-state index in [-0.39, 0.29) is 16.9 Å². The highest BCUT2D eigenvalue weighted by Crippen LogP contribution is 2.17. The van der Waals surface area contributed by atoms with Crippen LogP contribution in [0.25, 0.3) is 0 Å². The van der Waals surface area contributed by atoms with E-state index in [1.807, 2.05) is 0 Å². The van der Waals surface area contributed by atoms with Crippen LogP contribution >= 0.6 is 0 Å². The molecule has 10 heavy (non-hydrogen) atoms. The molecule has 0 bridgehead atoms. The Morgan fingerprint density at radius 2 is 1.40 bits per heavy atom. The maximum Gasteiger partial charge on any atom is 0.438 e. The van der Waals surface area contributed by atoms with Crippen LogP contribution in [-0.2, 0) is 0 Å². The maximum absolute atomic E-state index is 11.5. The molecule has 0 aliphatic carbocycles. The molecule has 0 rings (SSSR count). The van der Waals surface area contributed by atoms with Gasteiger partial charge in [-0.1, -0.05) is 0 Å². The molecule has 0 aliphatic rings. The van der Waals surface area contributed by atoms with Crippen LogP contribution in [0.1, 0.15) is 0 Å². The molecule has 0 saturated heterocycles. The molecule has 0 aromatic heterocycles. The predicted molar refractivity (Wildman–Crippen MR) is 29.0 cm³/mol. The second-order valence-electron chi connectivity index (χ2n) is 3.06. The fraction of sp³-hybridized carbons (Fsp3) is 1.00. The lowest BCUT2D eigenvalue weighted by molar-refractivity contribution is -0.881. The average Bonchev–Trinajstić information content (AvgIpc) is 1.14. The largest absolute Gasteiger partial charge is 1.00 e. The van der Waals surface area contributed by atoms with Crippen molar-refractivity contribution in [2.24, 2.45) is 0 Å². The molecule has 0 aliphatic heterocycles. The molecule has 1 nitrogen and oxygen atoms in total. The Hall–Kier alpha value is 0.0400. The van der Waals surface area contributed by atoms with Gasteiger partial charge in [-0.05, 0) is 0 Å². The molecule has 0 unspecified atom stereocenters. The summed E-state index contributed by atoms with van der Waals surface area (Å²) in [5.41, 5.74) is 0. The number of hydrogen-bond donors (Lipinski definition) is 0. The van der Waals surface area contributed by atoms with Crippen LogP contribution in [-0.4, -0.2) is 38.3 Å². The minimum Gasteiger partial charge on any atom is -1.00 e. The van der Waals surface area contributed by atoms with Crippen molar-refractivity contribution in [1.29, 1.82) is 0 Å². The highest BCUT2D eigenvalue weighted by Gasteiger charge is 2.34.